The van der Waals surface area contributed by atoms with Crippen molar-refractivity contribution >= 4 is 0 Å². The zero-order valence-electron chi connectivity index (χ0n) is 7.81. The lowest BCUT2D eigenvalue weighted by molar-refractivity contribution is -0.268. The van der Waals surface area contributed by atoms with Gasteiger partial charge in [-0.2, -0.15) is 0 Å². The van der Waals surface area contributed by atoms with E-state index in [2.05, 4.69) is 12.1 Å². The van der Waals surface area contributed by atoms with Gasteiger partial charge in [0.2, 0.25) is 0 Å². The standard InChI is InChI=1S/C13H12O/c14-13-8-6-12(7-9-13)10-11-4-2-1-3-5-11/h1-9,14H,10H2/p-1. The summed E-state index contributed by atoms with van der Waals surface area (Å²) in [5.74, 6) is 0.0711. The van der Waals surface area contributed by atoms with E-state index in [1.54, 1.807) is 12.1 Å². The van der Waals surface area contributed by atoms with Crippen molar-refractivity contribution in [1.82, 2.24) is 0 Å². The zero-order valence-corrected chi connectivity index (χ0v) is 7.81. The van der Waals surface area contributed by atoms with Crippen molar-refractivity contribution in [1.29, 1.82) is 0 Å². The third-order valence-corrected chi connectivity index (χ3v) is 2.17. The zero-order chi connectivity index (χ0) is 9.80. The van der Waals surface area contributed by atoms with Gasteiger partial charge in [-0.3, -0.25) is 0 Å². The highest BCUT2D eigenvalue weighted by atomic mass is 16.3. The topological polar surface area (TPSA) is 23.1 Å². The summed E-state index contributed by atoms with van der Waals surface area (Å²) >= 11 is 0. The first-order valence-electron chi connectivity index (χ1n) is 4.64. The third kappa shape index (κ3) is 2.13. The van der Waals surface area contributed by atoms with Gasteiger partial charge in [-0.15, -0.1) is 5.75 Å². The van der Waals surface area contributed by atoms with Gasteiger partial charge in [0.1, 0.15) is 0 Å². The van der Waals surface area contributed by atoms with E-state index in [-0.39, 0.29) is 5.75 Å². The summed E-state index contributed by atoms with van der Waals surface area (Å²) in [7, 11) is 0. The molecular formula is C13H11O-. The Bertz CT molecular complexity index is 389. The molecule has 0 aromatic heterocycles. The minimum atomic E-state index is 0.0711. The van der Waals surface area contributed by atoms with Crippen LogP contribution in [0.15, 0.2) is 54.6 Å². The van der Waals surface area contributed by atoms with Gasteiger partial charge in [0.05, 0.1) is 0 Å². The number of benzene rings is 2. The van der Waals surface area contributed by atoms with Crippen LogP contribution in [0.4, 0.5) is 0 Å². The summed E-state index contributed by atoms with van der Waals surface area (Å²) < 4.78 is 0. The van der Waals surface area contributed by atoms with Crippen LogP contribution in [0.1, 0.15) is 11.1 Å². The Hall–Kier alpha value is -1.76. The second kappa shape index (κ2) is 3.97. The molecule has 0 amide bonds. The van der Waals surface area contributed by atoms with Crippen LogP contribution in [0.5, 0.6) is 5.75 Å². The van der Waals surface area contributed by atoms with Crippen molar-refractivity contribution in [3.05, 3.63) is 65.7 Å². The van der Waals surface area contributed by atoms with E-state index in [0.29, 0.717) is 0 Å². The first kappa shape index (κ1) is 8.82. The minimum absolute atomic E-state index is 0.0711. The third-order valence-electron chi connectivity index (χ3n) is 2.17. The summed E-state index contributed by atoms with van der Waals surface area (Å²) in [5, 5.41) is 10.9. The maximum Gasteiger partial charge on any atom is -0.00258 e. The SMILES string of the molecule is [O-]c1ccc(Cc2ccccc2)cc1. The molecule has 2 rings (SSSR count). The van der Waals surface area contributed by atoms with Gasteiger partial charge in [0.15, 0.2) is 0 Å². The highest BCUT2D eigenvalue weighted by molar-refractivity contribution is 5.29. The summed E-state index contributed by atoms with van der Waals surface area (Å²) in [6, 6.07) is 17.2. The molecule has 14 heavy (non-hydrogen) atoms. The van der Waals surface area contributed by atoms with Crippen molar-refractivity contribution < 1.29 is 5.11 Å². The van der Waals surface area contributed by atoms with Crippen molar-refractivity contribution in [3.8, 4) is 5.75 Å². The van der Waals surface area contributed by atoms with Gasteiger partial charge in [0.25, 0.3) is 0 Å². The lowest BCUT2D eigenvalue weighted by atomic mass is 10.1. The van der Waals surface area contributed by atoms with Crippen LogP contribution < -0.4 is 5.11 Å². The normalized spacial score (nSPS) is 10.0. The molecule has 0 radical (unpaired) electrons. The van der Waals surface area contributed by atoms with Gasteiger partial charge in [-0.25, -0.2) is 0 Å². The summed E-state index contributed by atoms with van der Waals surface area (Å²) in [4.78, 5) is 0. The Morgan fingerprint density at radius 1 is 0.714 bits per heavy atom. The van der Waals surface area contributed by atoms with E-state index in [1.807, 2.05) is 30.3 Å². The largest absolute Gasteiger partial charge is 0.872 e. The summed E-state index contributed by atoms with van der Waals surface area (Å²) in [6.07, 6.45) is 0.890. The molecule has 0 unspecified atom stereocenters. The van der Waals surface area contributed by atoms with Crippen LogP contribution >= 0.6 is 0 Å². The molecule has 0 heterocycles. The fourth-order valence-electron chi connectivity index (χ4n) is 1.44. The summed E-state index contributed by atoms with van der Waals surface area (Å²) in [6.45, 7) is 0. The molecule has 0 aliphatic carbocycles. The van der Waals surface area contributed by atoms with Crippen LogP contribution in [0, 0.1) is 0 Å². The van der Waals surface area contributed by atoms with Crippen molar-refractivity contribution in [2.45, 2.75) is 6.42 Å². The molecule has 0 N–H and O–H groups in total. The molecule has 0 fully saturated rings. The van der Waals surface area contributed by atoms with Crippen molar-refractivity contribution in [2.24, 2.45) is 0 Å². The molecule has 0 atom stereocenters. The van der Waals surface area contributed by atoms with Crippen LogP contribution in [-0.2, 0) is 6.42 Å². The van der Waals surface area contributed by atoms with Gasteiger partial charge >= 0.3 is 0 Å². The highest BCUT2D eigenvalue weighted by Gasteiger charge is 1.93. The van der Waals surface area contributed by atoms with Gasteiger partial charge in [0, 0.05) is 0 Å². The Balaban J connectivity index is 2.16. The monoisotopic (exact) mass is 183 g/mol. The molecule has 0 aliphatic rings. The second-order valence-corrected chi connectivity index (χ2v) is 3.31. The van der Waals surface area contributed by atoms with E-state index in [9.17, 15) is 5.11 Å². The Morgan fingerprint density at radius 3 is 1.93 bits per heavy atom. The maximum absolute atomic E-state index is 10.9. The van der Waals surface area contributed by atoms with Crippen LogP contribution in [0.2, 0.25) is 0 Å². The molecule has 1 nitrogen and oxygen atoms in total. The molecule has 0 aliphatic heterocycles. The molecular weight excluding hydrogens is 172 g/mol. The van der Waals surface area contributed by atoms with Gasteiger partial charge in [-0.1, -0.05) is 54.6 Å². The average molecular weight is 183 g/mol. The number of rotatable bonds is 2. The predicted molar refractivity (Wildman–Crippen MR) is 55.1 cm³/mol. The quantitative estimate of drug-likeness (QED) is 0.700. The molecule has 0 spiro atoms. The predicted octanol–water partition coefficient (Wildman–Crippen LogP) is 2.35. The van der Waals surface area contributed by atoms with Gasteiger partial charge in [-0.05, 0) is 17.5 Å². The number of hydrogen-bond acceptors (Lipinski definition) is 1. The van der Waals surface area contributed by atoms with Crippen molar-refractivity contribution in [3.63, 3.8) is 0 Å². The van der Waals surface area contributed by atoms with E-state index >= 15 is 0 Å². The van der Waals surface area contributed by atoms with E-state index in [0.717, 1.165) is 6.42 Å². The summed E-state index contributed by atoms with van der Waals surface area (Å²) in [5.41, 5.74) is 2.45. The van der Waals surface area contributed by atoms with E-state index in [1.165, 1.54) is 11.1 Å². The lowest BCUT2D eigenvalue weighted by Gasteiger charge is -2.06. The molecule has 0 saturated carbocycles. The second-order valence-electron chi connectivity index (χ2n) is 3.31. The Morgan fingerprint density at radius 2 is 1.29 bits per heavy atom. The fourth-order valence-corrected chi connectivity index (χ4v) is 1.44. The molecule has 1 heteroatoms. The van der Waals surface area contributed by atoms with E-state index in [4.69, 9.17) is 0 Å². The Labute approximate surface area is 83.6 Å². The Kier molecular flexibility index (Phi) is 2.50. The van der Waals surface area contributed by atoms with Crippen LogP contribution in [0.3, 0.4) is 0 Å². The molecule has 70 valence electrons. The van der Waals surface area contributed by atoms with Crippen LogP contribution in [-0.4, -0.2) is 0 Å². The van der Waals surface area contributed by atoms with Crippen LogP contribution in [0.25, 0.3) is 0 Å². The minimum Gasteiger partial charge on any atom is -0.872 e. The lowest BCUT2D eigenvalue weighted by Crippen LogP contribution is -1.91. The first-order chi connectivity index (χ1) is 6.84. The number of hydrogen-bond donors (Lipinski definition) is 0. The molecule has 2 aromatic rings. The molecule has 0 saturated heterocycles. The van der Waals surface area contributed by atoms with E-state index < -0.39 is 0 Å². The van der Waals surface area contributed by atoms with Gasteiger partial charge < -0.3 is 5.11 Å². The van der Waals surface area contributed by atoms with Crippen molar-refractivity contribution in [2.75, 3.05) is 0 Å². The molecule has 0 bridgehead atoms. The fraction of sp³-hybridized carbons (Fsp3) is 0.0769. The average Bonchev–Trinajstić information content (AvgIpc) is 2.23. The first-order valence-corrected chi connectivity index (χ1v) is 4.64. The highest BCUT2D eigenvalue weighted by Crippen LogP contribution is 2.11. The maximum atomic E-state index is 10.9. The smallest absolute Gasteiger partial charge is 0.00258 e. The molecule has 2 aromatic carbocycles.